The molecule has 5 heteroatoms. The lowest BCUT2D eigenvalue weighted by Gasteiger charge is -2.12. The van der Waals surface area contributed by atoms with Gasteiger partial charge in [0, 0.05) is 17.4 Å². The zero-order chi connectivity index (χ0) is 18.8. The van der Waals surface area contributed by atoms with Crippen LogP contribution < -0.4 is 4.74 Å². The SMILES string of the molecule is c1ccc(COc2ccccc2Cc2nc3ccccc3c3ncnn23)cc1. The van der Waals surface area contributed by atoms with Crippen molar-refractivity contribution < 1.29 is 4.74 Å². The van der Waals surface area contributed by atoms with E-state index in [-0.39, 0.29) is 0 Å². The molecule has 0 aliphatic carbocycles. The van der Waals surface area contributed by atoms with E-state index in [2.05, 4.69) is 28.3 Å². The van der Waals surface area contributed by atoms with Crippen molar-refractivity contribution in [1.29, 1.82) is 0 Å². The Hall–Kier alpha value is -3.73. The molecule has 136 valence electrons. The third kappa shape index (κ3) is 3.07. The van der Waals surface area contributed by atoms with Gasteiger partial charge in [0.2, 0.25) is 0 Å². The van der Waals surface area contributed by atoms with Crippen molar-refractivity contribution in [2.24, 2.45) is 0 Å². The lowest BCUT2D eigenvalue weighted by Crippen LogP contribution is -2.06. The van der Waals surface area contributed by atoms with E-state index >= 15 is 0 Å². The maximum Gasteiger partial charge on any atom is 0.166 e. The molecule has 5 aromatic rings. The summed E-state index contributed by atoms with van der Waals surface area (Å²) >= 11 is 0. The third-order valence-corrected chi connectivity index (χ3v) is 4.75. The van der Waals surface area contributed by atoms with Gasteiger partial charge < -0.3 is 4.74 Å². The van der Waals surface area contributed by atoms with E-state index in [1.165, 1.54) is 0 Å². The van der Waals surface area contributed by atoms with Crippen LogP contribution >= 0.6 is 0 Å². The first-order valence-electron chi connectivity index (χ1n) is 9.20. The van der Waals surface area contributed by atoms with E-state index < -0.39 is 0 Å². The van der Waals surface area contributed by atoms with Gasteiger partial charge in [-0.1, -0.05) is 60.7 Å². The second-order valence-electron chi connectivity index (χ2n) is 6.60. The first kappa shape index (κ1) is 16.4. The van der Waals surface area contributed by atoms with Crippen molar-refractivity contribution in [2.75, 3.05) is 0 Å². The number of ether oxygens (including phenoxy) is 1. The van der Waals surface area contributed by atoms with Crippen molar-refractivity contribution in [3.63, 3.8) is 0 Å². The van der Waals surface area contributed by atoms with Crippen LogP contribution in [0.2, 0.25) is 0 Å². The van der Waals surface area contributed by atoms with Crippen LogP contribution in [0.5, 0.6) is 5.75 Å². The maximum absolute atomic E-state index is 6.10. The molecule has 5 nitrogen and oxygen atoms in total. The minimum Gasteiger partial charge on any atom is -0.489 e. The molecule has 0 N–H and O–H groups in total. The highest BCUT2D eigenvalue weighted by Gasteiger charge is 2.13. The number of nitrogens with zero attached hydrogens (tertiary/aromatic N) is 4. The first-order chi connectivity index (χ1) is 13.9. The molecular formula is C23H18N4O. The minimum atomic E-state index is 0.530. The van der Waals surface area contributed by atoms with E-state index in [4.69, 9.17) is 9.72 Å². The maximum atomic E-state index is 6.10. The quantitative estimate of drug-likeness (QED) is 0.461. The third-order valence-electron chi connectivity index (χ3n) is 4.75. The number of rotatable bonds is 5. The van der Waals surface area contributed by atoms with Crippen LogP contribution in [0.4, 0.5) is 0 Å². The summed E-state index contributed by atoms with van der Waals surface area (Å²) in [6.45, 7) is 0.530. The number of benzene rings is 3. The summed E-state index contributed by atoms with van der Waals surface area (Å²) in [5.41, 5.74) is 3.95. The van der Waals surface area contributed by atoms with Crippen molar-refractivity contribution >= 4 is 16.6 Å². The largest absolute Gasteiger partial charge is 0.489 e. The number of aromatic nitrogens is 4. The highest BCUT2D eigenvalue weighted by molar-refractivity contribution is 5.91. The number of fused-ring (bicyclic) bond motifs is 3. The van der Waals surface area contributed by atoms with Gasteiger partial charge >= 0.3 is 0 Å². The molecule has 0 radical (unpaired) electrons. The van der Waals surface area contributed by atoms with Crippen LogP contribution in [-0.2, 0) is 13.0 Å². The Bertz CT molecular complexity index is 1250. The van der Waals surface area contributed by atoms with Gasteiger partial charge in [0.25, 0.3) is 0 Å². The fourth-order valence-electron chi connectivity index (χ4n) is 3.37. The summed E-state index contributed by atoms with van der Waals surface area (Å²) in [6, 6.07) is 26.2. The second-order valence-corrected chi connectivity index (χ2v) is 6.60. The van der Waals surface area contributed by atoms with Gasteiger partial charge in [0.1, 0.15) is 24.5 Å². The Morgan fingerprint density at radius 1 is 0.821 bits per heavy atom. The molecule has 0 spiro atoms. The van der Waals surface area contributed by atoms with Crippen molar-refractivity contribution in [2.45, 2.75) is 13.0 Å². The molecule has 0 unspecified atom stereocenters. The number of hydrogen-bond acceptors (Lipinski definition) is 4. The smallest absolute Gasteiger partial charge is 0.166 e. The number of para-hydroxylation sites is 2. The molecular weight excluding hydrogens is 348 g/mol. The van der Waals surface area contributed by atoms with Gasteiger partial charge in [-0.3, -0.25) is 0 Å². The summed E-state index contributed by atoms with van der Waals surface area (Å²) in [4.78, 5) is 9.26. The normalized spacial score (nSPS) is 11.1. The molecule has 0 fully saturated rings. The molecule has 0 saturated heterocycles. The Morgan fingerprint density at radius 3 is 2.54 bits per heavy atom. The van der Waals surface area contributed by atoms with Gasteiger partial charge in [-0.2, -0.15) is 9.61 Å². The molecule has 0 bridgehead atoms. The zero-order valence-electron chi connectivity index (χ0n) is 15.2. The molecule has 0 saturated carbocycles. The lowest BCUT2D eigenvalue weighted by molar-refractivity contribution is 0.303. The van der Waals surface area contributed by atoms with E-state index in [0.717, 1.165) is 39.3 Å². The van der Waals surface area contributed by atoms with Crippen LogP contribution in [0.3, 0.4) is 0 Å². The molecule has 0 amide bonds. The summed E-state index contributed by atoms with van der Waals surface area (Å²) in [5, 5.41) is 5.39. The molecule has 2 heterocycles. The van der Waals surface area contributed by atoms with Crippen molar-refractivity contribution in [1.82, 2.24) is 19.6 Å². The molecule has 28 heavy (non-hydrogen) atoms. The summed E-state index contributed by atoms with van der Waals surface area (Å²) in [5.74, 6) is 1.69. The monoisotopic (exact) mass is 366 g/mol. The van der Waals surface area contributed by atoms with Gasteiger partial charge in [0.15, 0.2) is 5.65 Å². The Morgan fingerprint density at radius 2 is 1.61 bits per heavy atom. The molecule has 0 aliphatic rings. The summed E-state index contributed by atoms with van der Waals surface area (Å²) < 4.78 is 7.92. The van der Waals surface area contributed by atoms with Crippen molar-refractivity contribution in [3.8, 4) is 5.75 Å². The summed E-state index contributed by atoms with van der Waals surface area (Å²) in [6.07, 6.45) is 2.18. The predicted molar refractivity (Wildman–Crippen MR) is 108 cm³/mol. The highest BCUT2D eigenvalue weighted by atomic mass is 16.5. The standard InChI is InChI=1S/C23H18N4O/c1-2-8-17(9-3-1)15-28-21-13-7-4-10-18(21)14-22-26-20-12-6-5-11-19(20)23-24-16-25-27(22)23/h1-13,16H,14-15H2. The lowest BCUT2D eigenvalue weighted by atomic mass is 10.1. The molecule has 5 rings (SSSR count). The van der Waals surface area contributed by atoms with E-state index in [1.54, 1.807) is 6.33 Å². The van der Waals surface area contributed by atoms with Crippen LogP contribution in [0.1, 0.15) is 17.0 Å². The minimum absolute atomic E-state index is 0.530. The predicted octanol–water partition coefficient (Wildman–Crippen LogP) is 4.45. The van der Waals surface area contributed by atoms with E-state index in [1.807, 2.05) is 65.2 Å². The zero-order valence-corrected chi connectivity index (χ0v) is 15.2. The Kier molecular flexibility index (Phi) is 4.18. The van der Waals surface area contributed by atoms with Gasteiger partial charge in [-0.15, -0.1) is 0 Å². The van der Waals surface area contributed by atoms with Crippen LogP contribution in [0.25, 0.3) is 16.6 Å². The average molecular weight is 366 g/mol. The average Bonchev–Trinajstić information content (AvgIpc) is 3.25. The van der Waals surface area contributed by atoms with Crippen LogP contribution in [0.15, 0.2) is 85.2 Å². The first-order valence-corrected chi connectivity index (χ1v) is 9.20. The van der Waals surface area contributed by atoms with Gasteiger partial charge in [0.05, 0.1) is 5.52 Å². The summed E-state index contributed by atoms with van der Waals surface area (Å²) in [7, 11) is 0. The van der Waals surface area contributed by atoms with Gasteiger partial charge in [-0.05, 0) is 23.8 Å². The molecule has 0 atom stereocenters. The fourth-order valence-corrected chi connectivity index (χ4v) is 3.37. The molecule has 3 aromatic carbocycles. The Balaban J connectivity index is 1.50. The van der Waals surface area contributed by atoms with Crippen molar-refractivity contribution in [3.05, 3.63) is 102 Å². The van der Waals surface area contributed by atoms with Crippen LogP contribution in [-0.4, -0.2) is 19.6 Å². The topological polar surface area (TPSA) is 52.3 Å². The van der Waals surface area contributed by atoms with E-state index in [0.29, 0.717) is 13.0 Å². The molecule has 2 aromatic heterocycles. The number of hydrogen-bond donors (Lipinski definition) is 0. The second kappa shape index (κ2) is 7.12. The molecule has 0 aliphatic heterocycles. The highest BCUT2D eigenvalue weighted by Crippen LogP contribution is 2.24. The Labute approximate surface area is 162 Å². The van der Waals surface area contributed by atoms with Gasteiger partial charge in [-0.25, -0.2) is 9.97 Å². The van der Waals surface area contributed by atoms with E-state index in [9.17, 15) is 0 Å². The fraction of sp³-hybridized carbons (Fsp3) is 0.0870. The van der Waals surface area contributed by atoms with Crippen LogP contribution in [0, 0.1) is 0 Å².